The van der Waals surface area contributed by atoms with Crippen LogP contribution in [0.4, 0.5) is 0 Å². The molecule has 0 aliphatic carbocycles. The average Bonchev–Trinajstić information content (AvgIpc) is 2.19. The molecule has 0 rings (SSSR count). The maximum Gasteiger partial charge on any atom is 2.00 e. The van der Waals surface area contributed by atoms with Crippen LogP contribution in [0, 0.1) is 13.8 Å². The fourth-order valence-corrected chi connectivity index (χ4v) is 0.466. The maximum atomic E-state index is 10.1. The third-order valence-electron chi connectivity index (χ3n) is 1.02. The molecule has 0 unspecified atom stereocenters. The molecule has 0 saturated heterocycles. The number of esters is 2. The first kappa shape index (κ1) is 20.0. The standard InChI is InChI=1S/2C5H9O2.Zn/c2*1-3-5(6)7-4-2;/h2*1,3-4H2,2H3;/q2*-1;+2. The normalized spacial score (nSPS) is 7.73. The van der Waals surface area contributed by atoms with Gasteiger partial charge >= 0.3 is 19.5 Å². The van der Waals surface area contributed by atoms with Gasteiger partial charge in [0.05, 0.1) is 13.2 Å². The molecule has 15 heavy (non-hydrogen) atoms. The van der Waals surface area contributed by atoms with Gasteiger partial charge in [-0.3, -0.25) is 9.59 Å². The van der Waals surface area contributed by atoms with Crippen molar-refractivity contribution in [2.24, 2.45) is 0 Å². The van der Waals surface area contributed by atoms with Crippen LogP contribution < -0.4 is 0 Å². The third-order valence-corrected chi connectivity index (χ3v) is 1.02. The summed E-state index contributed by atoms with van der Waals surface area (Å²) >= 11 is 0. The van der Waals surface area contributed by atoms with Gasteiger partial charge in [0.25, 0.3) is 11.9 Å². The van der Waals surface area contributed by atoms with Gasteiger partial charge < -0.3 is 23.3 Å². The largest absolute Gasteiger partial charge is 2.00 e. The molecule has 0 amide bonds. The van der Waals surface area contributed by atoms with Crippen LogP contribution in [0.2, 0.25) is 0 Å². The van der Waals surface area contributed by atoms with Crippen LogP contribution in [-0.4, -0.2) is 25.2 Å². The predicted octanol–water partition coefficient (Wildman–Crippen LogP) is 1.54. The number of ether oxygens (including phenoxy) is 2. The first-order valence-electron chi connectivity index (χ1n) is 4.52. The van der Waals surface area contributed by atoms with E-state index in [0.717, 1.165) is 0 Å². The van der Waals surface area contributed by atoms with Crippen molar-refractivity contribution in [3.63, 3.8) is 0 Å². The molecule has 0 aromatic rings. The topological polar surface area (TPSA) is 52.6 Å². The van der Waals surface area contributed by atoms with E-state index in [-0.39, 0.29) is 44.3 Å². The average molecular weight is 268 g/mol. The van der Waals surface area contributed by atoms with Gasteiger partial charge in [-0.2, -0.15) is 0 Å². The molecule has 0 fully saturated rings. The number of hydrogen-bond acceptors (Lipinski definition) is 4. The second-order valence-corrected chi connectivity index (χ2v) is 2.11. The number of rotatable bonds is 4. The number of carbonyl (C=O) groups excluding carboxylic acids is 2. The third kappa shape index (κ3) is 19.8. The summed E-state index contributed by atoms with van der Waals surface area (Å²) < 4.78 is 8.98. The van der Waals surface area contributed by atoms with E-state index in [0.29, 0.717) is 13.2 Å². The summed E-state index contributed by atoms with van der Waals surface area (Å²) in [6, 6.07) is 0. The Bertz CT molecular complexity index is 142. The van der Waals surface area contributed by atoms with Crippen molar-refractivity contribution < 1.29 is 38.5 Å². The second-order valence-electron chi connectivity index (χ2n) is 2.11. The van der Waals surface area contributed by atoms with Crippen LogP contribution >= 0.6 is 0 Å². The molecule has 0 saturated carbocycles. The smallest absolute Gasteiger partial charge is 0.468 e. The van der Waals surface area contributed by atoms with Gasteiger partial charge in [0.15, 0.2) is 0 Å². The van der Waals surface area contributed by atoms with Crippen LogP contribution in [0.3, 0.4) is 0 Å². The van der Waals surface area contributed by atoms with E-state index in [1.54, 1.807) is 13.8 Å². The van der Waals surface area contributed by atoms with Crippen LogP contribution in [-0.2, 0) is 38.5 Å². The summed E-state index contributed by atoms with van der Waals surface area (Å²) in [5, 5.41) is 0. The molecule has 0 N–H and O–H groups in total. The molecule has 0 aromatic carbocycles. The zero-order valence-corrected chi connectivity index (χ0v) is 12.5. The molecule has 5 heteroatoms. The molecule has 0 aliphatic rings. The zero-order chi connectivity index (χ0) is 11.4. The minimum absolute atomic E-state index is 0. The number of carbonyl (C=O) groups is 2. The molecule has 0 heterocycles. The Morgan fingerprint density at radius 1 is 0.933 bits per heavy atom. The fourth-order valence-electron chi connectivity index (χ4n) is 0.466. The first-order valence-corrected chi connectivity index (χ1v) is 4.52. The maximum absolute atomic E-state index is 10.1. The summed E-state index contributed by atoms with van der Waals surface area (Å²) in [7, 11) is 0. The SMILES string of the molecule is [CH2-]CC(=O)OCC.[CH2-]CC(=O)OCC.[Zn+2]. The fraction of sp³-hybridized carbons (Fsp3) is 0.600. The van der Waals surface area contributed by atoms with Crippen molar-refractivity contribution in [2.75, 3.05) is 13.2 Å². The number of hydrogen-bond donors (Lipinski definition) is 0. The van der Waals surface area contributed by atoms with E-state index in [1.165, 1.54) is 0 Å². The summed E-state index contributed by atoms with van der Waals surface area (Å²) in [5.41, 5.74) is 0. The first-order chi connectivity index (χ1) is 6.62. The van der Waals surface area contributed by atoms with Crippen LogP contribution in [0.5, 0.6) is 0 Å². The Kier molecular flexibility index (Phi) is 21.4. The van der Waals surface area contributed by atoms with Gasteiger partial charge in [-0.05, 0) is 13.8 Å². The molecule has 0 atom stereocenters. The van der Waals surface area contributed by atoms with Gasteiger partial charge in [-0.25, -0.2) is 0 Å². The molecule has 0 bridgehead atoms. The van der Waals surface area contributed by atoms with Gasteiger partial charge in [-0.15, -0.1) is 0 Å². The molecular weight excluding hydrogens is 249 g/mol. The van der Waals surface area contributed by atoms with Crippen molar-refractivity contribution in [1.82, 2.24) is 0 Å². The molecule has 4 nitrogen and oxygen atoms in total. The van der Waals surface area contributed by atoms with Gasteiger partial charge in [0.1, 0.15) is 0 Å². The van der Waals surface area contributed by atoms with Gasteiger partial charge in [0.2, 0.25) is 0 Å². The van der Waals surface area contributed by atoms with Crippen LogP contribution in [0.1, 0.15) is 26.7 Å². The van der Waals surface area contributed by atoms with Crippen LogP contribution in [0.15, 0.2) is 0 Å². The molecule has 0 aromatic heterocycles. The van der Waals surface area contributed by atoms with E-state index in [2.05, 4.69) is 23.3 Å². The Balaban J connectivity index is -0.000000180. The van der Waals surface area contributed by atoms with E-state index in [9.17, 15) is 9.59 Å². The van der Waals surface area contributed by atoms with Crippen molar-refractivity contribution >= 4 is 11.9 Å². The van der Waals surface area contributed by atoms with E-state index in [1.807, 2.05) is 0 Å². The summed E-state index contributed by atoms with van der Waals surface area (Å²) in [4.78, 5) is 20.3. The molecular formula is C10H18O4Zn. The van der Waals surface area contributed by atoms with Crippen molar-refractivity contribution in [3.8, 4) is 0 Å². The van der Waals surface area contributed by atoms with Crippen molar-refractivity contribution in [3.05, 3.63) is 13.8 Å². The van der Waals surface area contributed by atoms with E-state index >= 15 is 0 Å². The zero-order valence-electron chi connectivity index (χ0n) is 9.58. The minimum Gasteiger partial charge on any atom is -0.468 e. The Hall–Kier alpha value is -0.437. The summed E-state index contributed by atoms with van der Waals surface area (Å²) in [6.07, 6.45) is 0.460. The quantitative estimate of drug-likeness (QED) is 0.440. The molecule has 0 aliphatic heterocycles. The monoisotopic (exact) mass is 266 g/mol. The van der Waals surface area contributed by atoms with Crippen LogP contribution in [0.25, 0.3) is 0 Å². The van der Waals surface area contributed by atoms with Crippen molar-refractivity contribution in [1.29, 1.82) is 0 Å². The molecule has 0 spiro atoms. The van der Waals surface area contributed by atoms with Crippen molar-refractivity contribution in [2.45, 2.75) is 26.7 Å². The predicted molar refractivity (Wildman–Crippen MR) is 53.2 cm³/mol. The Morgan fingerprint density at radius 2 is 1.20 bits per heavy atom. The molecule has 84 valence electrons. The van der Waals surface area contributed by atoms with E-state index in [4.69, 9.17) is 0 Å². The Morgan fingerprint density at radius 3 is 1.27 bits per heavy atom. The second kappa shape index (κ2) is 16.0. The summed E-state index contributed by atoms with van der Waals surface area (Å²) in [5.74, 6) is -0.468. The minimum atomic E-state index is -0.234. The van der Waals surface area contributed by atoms with Gasteiger partial charge in [-0.1, -0.05) is 12.8 Å². The molecule has 0 radical (unpaired) electrons. The van der Waals surface area contributed by atoms with Gasteiger partial charge in [0, 0.05) is 0 Å². The summed E-state index contributed by atoms with van der Waals surface area (Å²) in [6.45, 7) is 11.1. The Labute approximate surface area is 104 Å². The van der Waals surface area contributed by atoms with E-state index < -0.39 is 0 Å².